The molecule has 8 heteroatoms. The number of anilines is 1. The van der Waals surface area contributed by atoms with Crippen molar-refractivity contribution in [1.82, 2.24) is 5.16 Å². The third-order valence-electron chi connectivity index (χ3n) is 7.62. The Labute approximate surface area is 200 Å². The van der Waals surface area contributed by atoms with E-state index in [1.54, 1.807) is 13.0 Å². The number of hydrogen-bond donors (Lipinski definition) is 2. The van der Waals surface area contributed by atoms with Crippen LogP contribution >= 0.6 is 0 Å². The number of nitrogens with zero attached hydrogens (tertiary/aromatic N) is 2. The summed E-state index contributed by atoms with van der Waals surface area (Å²) in [5.41, 5.74) is -1.05. The third-order valence-corrected chi connectivity index (χ3v) is 7.62. The van der Waals surface area contributed by atoms with Crippen molar-refractivity contribution in [2.75, 3.05) is 32.1 Å². The standard InChI is InChI=1S/C26H35N3O5/c1-19-16-23(28-34-19)27-24(30)17-29(2)15-9-14-22(29)18-33-25(31)26(32,20-10-5-3-6-11-20)21-12-7-4-8-13-21/h3,5-6,10-11,16,21-22,32H,4,7-9,12-15,17-18H2,1-2H3/p+1/t22-,26?,29?/m1/s1. The molecule has 2 aromatic rings. The average molecular weight is 471 g/mol. The first-order valence-electron chi connectivity index (χ1n) is 12.3. The van der Waals surface area contributed by atoms with Crippen molar-refractivity contribution in [1.29, 1.82) is 0 Å². The molecule has 2 aliphatic rings. The molecule has 184 valence electrons. The summed E-state index contributed by atoms with van der Waals surface area (Å²) in [4.78, 5) is 26.1. The highest BCUT2D eigenvalue weighted by molar-refractivity contribution is 5.90. The lowest BCUT2D eigenvalue weighted by atomic mass is 9.73. The Hall–Kier alpha value is -2.71. The molecule has 2 N–H and O–H groups in total. The van der Waals surface area contributed by atoms with E-state index in [9.17, 15) is 14.7 Å². The molecule has 0 spiro atoms. The van der Waals surface area contributed by atoms with E-state index in [1.165, 1.54) is 0 Å². The predicted molar refractivity (Wildman–Crippen MR) is 127 cm³/mol. The van der Waals surface area contributed by atoms with Gasteiger partial charge >= 0.3 is 5.97 Å². The molecule has 2 unspecified atom stereocenters. The molecule has 0 radical (unpaired) electrons. The first-order valence-corrected chi connectivity index (χ1v) is 12.3. The van der Waals surface area contributed by atoms with E-state index in [0.717, 1.165) is 51.5 Å². The number of carbonyl (C=O) groups is 2. The lowest BCUT2D eigenvalue weighted by molar-refractivity contribution is -0.913. The molecular weight excluding hydrogens is 434 g/mol. The normalized spacial score (nSPS) is 25.0. The van der Waals surface area contributed by atoms with Gasteiger partial charge in [-0.15, -0.1) is 0 Å². The summed E-state index contributed by atoms with van der Waals surface area (Å²) in [7, 11) is 2.02. The number of carbonyl (C=O) groups excluding carboxylic acids is 2. The summed E-state index contributed by atoms with van der Waals surface area (Å²) < 4.78 is 11.3. The summed E-state index contributed by atoms with van der Waals surface area (Å²) in [6.07, 6.45) is 6.55. The van der Waals surface area contributed by atoms with E-state index in [2.05, 4.69) is 10.5 Å². The minimum absolute atomic E-state index is 0.0138. The van der Waals surface area contributed by atoms with Gasteiger partial charge in [0.15, 0.2) is 18.0 Å². The quantitative estimate of drug-likeness (QED) is 0.452. The third kappa shape index (κ3) is 5.18. The molecule has 1 amide bonds. The number of benzene rings is 1. The van der Waals surface area contributed by atoms with E-state index in [1.807, 2.05) is 37.4 Å². The minimum atomic E-state index is -1.65. The summed E-state index contributed by atoms with van der Waals surface area (Å²) in [5.74, 6) is 0.142. The molecular formula is C26H36N3O5+. The molecule has 3 atom stereocenters. The highest BCUT2D eigenvalue weighted by Crippen LogP contribution is 2.40. The number of aryl methyl sites for hydroxylation is 1. The number of quaternary nitrogens is 1. The zero-order valence-corrected chi connectivity index (χ0v) is 20.2. The smallest absolute Gasteiger partial charge is 0.343 e. The van der Waals surface area contributed by atoms with Gasteiger partial charge in [0.05, 0.1) is 13.6 Å². The minimum Gasteiger partial charge on any atom is -0.457 e. The largest absolute Gasteiger partial charge is 0.457 e. The lowest BCUT2D eigenvalue weighted by Gasteiger charge is -2.38. The number of amides is 1. The van der Waals surface area contributed by atoms with Gasteiger partial charge in [-0.2, -0.15) is 0 Å². The molecule has 2 heterocycles. The second kappa shape index (κ2) is 10.3. The molecule has 1 aromatic heterocycles. The van der Waals surface area contributed by atoms with Crippen LogP contribution in [0, 0.1) is 12.8 Å². The van der Waals surface area contributed by atoms with Gasteiger partial charge in [0.25, 0.3) is 5.91 Å². The van der Waals surface area contributed by atoms with E-state index < -0.39 is 11.6 Å². The summed E-state index contributed by atoms with van der Waals surface area (Å²) in [5, 5.41) is 18.3. The fourth-order valence-corrected chi connectivity index (χ4v) is 5.60. The molecule has 34 heavy (non-hydrogen) atoms. The van der Waals surface area contributed by atoms with Gasteiger partial charge in [0.1, 0.15) is 18.4 Å². The van der Waals surface area contributed by atoms with Crippen molar-refractivity contribution >= 4 is 17.7 Å². The molecule has 1 aliphatic heterocycles. The molecule has 1 aromatic carbocycles. The van der Waals surface area contributed by atoms with Gasteiger partial charge in [-0.1, -0.05) is 54.8 Å². The number of likely N-dealkylation sites (N-methyl/N-ethyl adjacent to an activating group) is 1. The van der Waals surface area contributed by atoms with Gasteiger partial charge < -0.3 is 24.2 Å². The van der Waals surface area contributed by atoms with Crippen LogP contribution in [0.4, 0.5) is 5.82 Å². The van der Waals surface area contributed by atoms with Crippen LogP contribution < -0.4 is 5.32 Å². The number of hydrogen-bond acceptors (Lipinski definition) is 6. The molecule has 2 fully saturated rings. The summed E-state index contributed by atoms with van der Waals surface area (Å²) in [6, 6.07) is 10.8. The van der Waals surface area contributed by atoms with E-state index in [-0.39, 0.29) is 31.0 Å². The fraction of sp³-hybridized carbons (Fsp3) is 0.577. The van der Waals surface area contributed by atoms with Gasteiger partial charge in [0, 0.05) is 24.8 Å². The van der Waals surface area contributed by atoms with Crippen molar-refractivity contribution in [3.05, 3.63) is 47.7 Å². The van der Waals surface area contributed by atoms with Crippen LogP contribution in [-0.2, 0) is 19.9 Å². The number of aliphatic hydroxyl groups is 1. The summed E-state index contributed by atoms with van der Waals surface area (Å²) in [6.45, 7) is 3.01. The van der Waals surface area contributed by atoms with E-state index >= 15 is 0 Å². The number of aromatic nitrogens is 1. The molecule has 1 saturated heterocycles. The molecule has 0 bridgehead atoms. The monoisotopic (exact) mass is 470 g/mol. The highest BCUT2D eigenvalue weighted by Gasteiger charge is 2.48. The van der Waals surface area contributed by atoms with Crippen LogP contribution in [0.3, 0.4) is 0 Å². The Morgan fingerprint density at radius 1 is 1.18 bits per heavy atom. The zero-order valence-electron chi connectivity index (χ0n) is 20.2. The van der Waals surface area contributed by atoms with Gasteiger partial charge in [-0.3, -0.25) is 4.79 Å². The number of nitrogens with one attached hydrogen (secondary N) is 1. The number of ether oxygens (including phenoxy) is 1. The van der Waals surface area contributed by atoms with Crippen molar-refractivity contribution in [2.45, 2.75) is 63.5 Å². The van der Waals surface area contributed by atoms with Gasteiger partial charge in [0.2, 0.25) is 0 Å². The van der Waals surface area contributed by atoms with Crippen LogP contribution in [0.1, 0.15) is 56.3 Å². The van der Waals surface area contributed by atoms with Crippen LogP contribution in [0.2, 0.25) is 0 Å². The molecule has 1 saturated carbocycles. The number of likely N-dealkylation sites (tertiary alicyclic amines) is 1. The SMILES string of the molecule is Cc1cc(NC(=O)C[N+]2(C)CCC[C@@H]2COC(=O)C(O)(c2ccccc2)C2CCCCC2)no1. The van der Waals surface area contributed by atoms with Crippen LogP contribution in [0.15, 0.2) is 40.9 Å². The van der Waals surface area contributed by atoms with Crippen molar-refractivity contribution in [3.8, 4) is 0 Å². The lowest BCUT2D eigenvalue weighted by Crippen LogP contribution is -2.54. The van der Waals surface area contributed by atoms with Crippen LogP contribution in [-0.4, -0.2) is 59.4 Å². The fourth-order valence-electron chi connectivity index (χ4n) is 5.60. The Balaban J connectivity index is 1.42. The Kier molecular flexibility index (Phi) is 7.38. The molecule has 4 rings (SSSR count). The maximum absolute atomic E-state index is 13.4. The maximum atomic E-state index is 13.4. The first kappa shape index (κ1) is 24.4. The van der Waals surface area contributed by atoms with Crippen molar-refractivity contribution in [3.63, 3.8) is 0 Å². The second-order valence-corrected chi connectivity index (χ2v) is 10.1. The Bertz CT molecular complexity index is 987. The molecule has 8 nitrogen and oxygen atoms in total. The van der Waals surface area contributed by atoms with E-state index in [4.69, 9.17) is 9.26 Å². The van der Waals surface area contributed by atoms with Gasteiger partial charge in [-0.25, -0.2) is 4.79 Å². The zero-order chi connectivity index (χ0) is 24.2. The average Bonchev–Trinajstić information content (AvgIpc) is 3.42. The maximum Gasteiger partial charge on any atom is 0.343 e. The van der Waals surface area contributed by atoms with Crippen LogP contribution in [0.5, 0.6) is 0 Å². The first-order chi connectivity index (χ1) is 16.3. The summed E-state index contributed by atoms with van der Waals surface area (Å²) >= 11 is 0. The predicted octanol–water partition coefficient (Wildman–Crippen LogP) is 3.54. The van der Waals surface area contributed by atoms with Crippen molar-refractivity contribution in [2.24, 2.45) is 5.92 Å². The number of rotatable bonds is 8. The van der Waals surface area contributed by atoms with Crippen LogP contribution in [0.25, 0.3) is 0 Å². The second-order valence-electron chi connectivity index (χ2n) is 10.1. The van der Waals surface area contributed by atoms with Gasteiger partial charge in [-0.05, 0) is 25.3 Å². The van der Waals surface area contributed by atoms with Crippen molar-refractivity contribution < 1.29 is 28.4 Å². The topological polar surface area (TPSA) is 102 Å². The Morgan fingerprint density at radius 2 is 1.91 bits per heavy atom. The Morgan fingerprint density at radius 3 is 2.59 bits per heavy atom. The van der Waals surface area contributed by atoms with E-state index in [0.29, 0.717) is 21.6 Å². The number of esters is 1. The molecule has 1 aliphatic carbocycles. The highest BCUT2D eigenvalue weighted by atomic mass is 16.6.